The Morgan fingerprint density at radius 3 is 2.21 bits per heavy atom. The minimum absolute atomic E-state index is 0.0355. The van der Waals surface area contributed by atoms with E-state index in [2.05, 4.69) is 4.74 Å². The van der Waals surface area contributed by atoms with Crippen LogP contribution in [-0.4, -0.2) is 26.0 Å². The number of carbonyl (C=O) groups is 1. The Hall–Kier alpha value is -0.710. The van der Waals surface area contributed by atoms with Gasteiger partial charge in [0.25, 0.3) is 6.43 Å². The van der Waals surface area contributed by atoms with Crippen molar-refractivity contribution in [2.45, 2.75) is 26.7 Å². The first-order chi connectivity index (χ1) is 6.40. The van der Waals surface area contributed by atoms with Crippen molar-refractivity contribution in [3.8, 4) is 0 Å². The molecule has 0 fully saturated rings. The van der Waals surface area contributed by atoms with Gasteiger partial charge in [-0.1, -0.05) is 13.8 Å². The molecule has 0 aliphatic carbocycles. The fraction of sp³-hybridized carbons (Fsp3) is 0.889. The van der Waals surface area contributed by atoms with Crippen molar-refractivity contribution in [2.75, 3.05) is 13.7 Å². The van der Waals surface area contributed by atoms with Gasteiger partial charge in [0.2, 0.25) is 0 Å². The number of hydrogen-bond acceptors (Lipinski definition) is 3. The van der Waals surface area contributed by atoms with Crippen LogP contribution in [0.25, 0.3) is 0 Å². The van der Waals surface area contributed by atoms with Crippen molar-refractivity contribution >= 4 is 5.97 Å². The smallest absolute Gasteiger partial charge is 0.318 e. The van der Waals surface area contributed by atoms with E-state index in [1.807, 2.05) is 0 Å². The van der Waals surface area contributed by atoms with Gasteiger partial charge in [0.05, 0.1) is 7.11 Å². The van der Waals surface area contributed by atoms with Crippen molar-refractivity contribution < 1.29 is 18.3 Å². The first-order valence-corrected chi connectivity index (χ1v) is 4.47. The first kappa shape index (κ1) is 13.3. The van der Waals surface area contributed by atoms with Gasteiger partial charge in [0.15, 0.2) is 0 Å². The number of nitrogens with two attached hydrogens (primary N) is 1. The van der Waals surface area contributed by atoms with Gasteiger partial charge in [0.1, 0.15) is 5.41 Å². The predicted octanol–water partition coefficient (Wildman–Crippen LogP) is 1.42. The van der Waals surface area contributed by atoms with Gasteiger partial charge in [-0.3, -0.25) is 4.79 Å². The Bertz CT molecular complexity index is 197. The summed E-state index contributed by atoms with van der Waals surface area (Å²) in [4.78, 5) is 11.3. The van der Waals surface area contributed by atoms with E-state index in [0.29, 0.717) is 0 Å². The molecule has 0 radical (unpaired) electrons. The summed E-state index contributed by atoms with van der Waals surface area (Å²) in [5, 5.41) is 0. The standard InChI is InChI=1S/C9H17F2NO2/c1-6(2)4-9(5-12,7(10)11)8(13)14-3/h6-7H,4-5,12H2,1-3H3. The highest BCUT2D eigenvalue weighted by atomic mass is 19.3. The third-order valence-electron chi connectivity index (χ3n) is 2.15. The van der Waals surface area contributed by atoms with Crippen LogP contribution in [0, 0.1) is 11.3 Å². The Labute approximate surface area is 82.6 Å². The molecule has 0 bridgehead atoms. The maximum Gasteiger partial charge on any atom is 0.318 e. The molecule has 1 unspecified atom stereocenters. The lowest BCUT2D eigenvalue weighted by molar-refractivity contribution is -0.164. The van der Waals surface area contributed by atoms with Crippen molar-refractivity contribution in [1.82, 2.24) is 0 Å². The van der Waals surface area contributed by atoms with Crippen LogP contribution in [0.4, 0.5) is 8.78 Å². The molecule has 1 atom stereocenters. The van der Waals surface area contributed by atoms with E-state index in [-0.39, 0.29) is 12.3 Å². The van der Waals surface area contributed by atoms with Gasteiger partial charge >= 0.3 is 5.97 Å². The third-order valence-corrected chi connectivity index (χ3v) is 2.15. The molecule has 0 aromatic heterocycles. The number of rotatable bonds is 5. The molecule has 2 N–H and O–H groups in total. The minimum Gasteiger partial charge on any atom is -0.468 e. The maximum absolute atomic E-state index is 12.8. The van der Waals surface area contributed by atoms with Gasteiger partial charge in [0, 0.05) is 6.54 Å². The molecule has 0 amide bonds. The van der Waals surface area contributed by atoms with Crippen molar-refractivity contribution in [2.24, 2.45) is 17.1 Å². The number of methoxy groups -OCH3 is 1. The number of carbonyl (C=O) groups excluding carboxylic acids is 1. The van der Waals surface area contributed by atoms with Gasteiger partial charge in [-0.05, 0) is 12.3 Å². The lowest BCUT2D eigenvalue weighted by atomic mass is 9.80. The quantitative estimate of drug-likeness (QED) is 0.696. The molecule has 0 aliphatic heterocycles. The van der Waals surface area contributed by atoms with Crippen LogP contribution in [0.15, 0.2) is 0 Å². The van der Waals surface area contributed by atoms with Crippen LogP contribution < -0.4 is 5.73 Å². The van der Waals surface area contributed by atoms with Crippen LogP contribution in [0.5, 0.6) is 0 Å². The summed E-state index contributed by atoms with van der Waals surface area (Å²) in [7, 11) is 1.09. The van der Waals surface area contributed by atoms with E-state index < -0.39 is 24.4 Å². The van der Waals surface area contributed by atoms with Gasteiger partial charge in [-0.25, -0.2) is 8.78 Å². The third kappa shape index (κ3) is 2.64. The van der Waals surface area contributed by atoms with Crippen molar-refractivity contribution in [1.29, 1.82) is 0 Å². The van der Waals surface area contributed by atoms with Gasteiger partial charge in [-0.2, -0.15) is 0 Å². The topological polar surface area (TPSA) is 52.3 Å². The highest BCUT2D eigenvalue weighted by Crippen LogP contribution is 2.33. The number of alkyl halides is 2. The zero-order chi connectivity index (χ0) is 11.4. The van der Waals surface area contributed by atoms with E-state index in [1.165, 1.54) is 0 Å². The summed E-state index contributed by atoms with van der Waals surface area (Å²) < 4.78 is 29.9. The normalized spacial score (nSPS) is 15.7. The summed E-state index contributed by atoms with van der Waals surface area (Å²) in [5.41, 5.74) is 3.41. The molecule has 0 aromatic rings. The molecule has 0 spiro atoms. The molecular weight excluding hydrogens is 192 g/mol. The summed E-state index contributed by atoms with van der Waals surface area (Å²) in [5.74, 6) is -0.963. The van der Waals surface area contributed by atoms with E-state index in [0.717, 1.165) is 7.11 Å². The number of ether oxygens (including phenoxy) is 1. The molecule has 0 rings (SSSR count). The molecule has 0 saturated heterocycles. The summed E-state index contributed by atoms with van der Waals surface area (Å²) in [6.45, 7) is 3.13. The fourth-order valence-corrected chi connectivity index (χ4v) is 1.45. The Morgan fingerprint density at radius 1 is 1.50 bits per heavy atom. The molecule has 0 saturated carbocycles. The summed E-state index contributed by atoms with van der Waals surface area (Å²) in [6, 6.07) is 0. The van der Waals surface area contributed by atoms with Gasteiger partial charge < -0.3 is 10.5 Å². The Kier molecular flexibility index (Phi) is 4.97. The van der Waals surface area contributed by atoms with Gasteiger partial charge in [-0.15, -0.1) is 0 Å². The zero-order valence-corrected chi connectivity index (χ0v) is 8.72. The highest BCUT2D eigenvalue weighted by molar-refractivity contribution is 5.77. The second kappa shape index (κ2) is 5.24. The maximum atomic E-state index is 12.8. The van der Waals surface area contributed by atoms with Crippen molar-refractivity contribution in [3.05, 3.63) is 0 Å². The molecule has 3 nitrogen and oxygen atoms in total. The Morgan fingerprint density at radius 2 is 2.00 bits per heavy atom. The molecule has 0 aromatic carbocycles. The number of hydrogen-bond donors (Lipinski definition) is 1. The van der Waals surface area contributed by atoms with E-state index in [9.17, 15) is 13.6 Å². The molecule has 0 aliphatic rings. The fourth-order valence-electron chi connectivity index (χ4n) is 1.45. The van der Waals surface area contributed by atoms with Crippen LogP contribution in [-0.2, 0) is 9.53 Å². The van der Waals surface area contributed by atoms with E-state index >= 15 is 0 Å². The minimum atomic E-state index is -2.79. The second-order valence-electron chi connectivity index (χ2n) is 3.75. The first-order valence-electron chi connectivity index (χ1n) is 4.47. The largest absolute Gasteiger partial charge is 0.468 e. The summed E-state index contributed by atoms with van der Waals surface area (Å²) >= 11 is 0. The molecule has 0 heterocycles. The van der Waals surface area contributed by atoms with Crippen LogP contribution in [0.2, 0.25) is 0 Å². The molecule has 14 heavy (non-hydrogen) atoms. The molecule has 5 heteroatoms. The highest BCUT2D eigenvalue weighted by Gasteiger charge is 2.47. The van der Waals surface area contributed by atoms with E-state index in [1.54, 1.807) is 13.8 Å². The lowest BCUT2D eigenvalue weighted by Crippen LogP contribution is -2.46. The molecule has 84 valence electrons. The zero-order valence-electron chi connectivity index (χ0n) is 8.72. The Balaban J connectivity index is 4.88. The monoisotopic (exact) mass is 209 g/mol. The predicted molar refractivity (Wildman–Crippen MR) is 49.0 cm³/mol. The SMILES string of the molecule is COC(=O)C(CN)(CC(C)C)C(F)F. The van der Waals surface area contributed by atoms with Crippen LogP contribution >= 0.6 is 0 Å². The van der Waals surface area contributed by atoms with Crippen molar-refractivity contribution in [3.63, 3.8) is 0 Å². The molecular formula is C9H17F2NO2. The average Bonchev–Trinajstić information content (AvgIpc) is 2.12. The van der Waals surface area contributed by atoms with Crippen LogP contribution in [0.1, 0.15) is 20.3 Å². The number of halogens is 2. The van der Waals surface area contributed by atoms with E-state index in [4.69, 9.17) is 5.73 Å². The average molecular weight is 209 g/mol. The van der Waals surface area contributed by atoms with Crippen LogP contribution in [0.3, 0.4) is 0 Å². The number of esters is 1. The lowest BCUT2D eigenvalue weighted by Gasteiger charge is -2.30. The second-order valence-corrected chi connectivity index (χ2v) is 3.75. The summed E-state index contributed by atoms with van der Waals surface area (Å²) in [6.07, 6.45) is -2.75.